The number of nitrogens with zero attached hydrogens (tertiary/aromatic N) is 4. The SMILES string of the molecule is O=C(Nc1cc(-n2cnnn2)ccc1F)C1CCCC2CNNC21. The average Bonchev–Trinajstić information content (AvgIpc) is 3.27. The second kappa shape index (κ2) is 6.25. The zero-order chi connectivity index (χ0) is 16.5. The van der Waals surface area contributed by atoms with Gasteiger partial charge >= 0.3 is 0 Å². The van der Waals surface area contributed by atoms with E-state index in [1.807, 2.05) is 0 Å². The number of carbonyl (C=O) groups excluding carboxylic acids is 1. The van der Waals surface area contributed by atoms with E-state index in [0.717, 1.165) is 25.8 Å². The van der Waals surface area contributed by atoms with Gasteiger partial charge in [-0.25, -0.2) is 9.07 Å². The van der Waals surface area contributed by atoms with Gasteiger partial charge in [-0.2, -0.15) is 0 Å². The fourth-order valence-corrected chi connectivity index (χ4v) is 3.59. The van der Waals surface area contributed by atoms with E-state index in [1.54, 1.807) is 6.07 Å². The molecule has 2 heterocycles. The van der Waals surface area contributed by atoms with Crippen LogP contribution in [0.15, 0.2) is 24.5 Å². The number of rotatable bonds is 3. The number of halogens is 1. The number of hydrogen-bond acceptors (Lipinski definition) is 6. The highest BCUT2D eigenvalue weighted by Gasteiger charge is 2.40. The van der Waals surface area contributed by atoms with Gasteiger partial charge in [0.1, 0.15) is 12.1 Å². The summed E-state index contributed by atoms with van der Waals surface area (Å²) in [7, 11) is 0. The second-order valence-electron chi connectivity index (χ2n) is 6.26. The lowest BCUT2D eigenvalue weighted by Gasteiger charge is -2.31. The molecule has 1 saturated carbocycles. The molecule has 1 amide bonds. The van der Waals surface area contributed by atoms with Crippen molar-refractivity contribution < 1.29 is 9.18 Å². The molecule has 0 bridgehead atoms. The summed E-state index contributed by atoms with van der Waals surface area (Å²) < 4.78 is 15.5. The number of anilines is 1. The van der Waals surface area contributed by atoms with Gasteiger partial charge in [-0.05, 0) is 47.4 Å². The first-order valence-electron chi connectivity index (χ1n) is 8.04. The molecule has 9 heteroatoms. The molecule has 2 fully saturated rings. The van der Waals surface area contributed by atoms with Crippen LogP contribution in [0.2, 0.25) is 0 Å². The topological polar surface area (TPSA) is 96.8 Å². The number of benzene rings is 1. The number of hydrazine groups is 1. The van der Waals surface area contributed by atoms with Crippen molar-refractivity contribution in [3.05, 3.63) is 30.3 Å². The second-order valence-corrected chi connectivity index (χ2v) is 6.26. The first-order chi connectivity index (χ1) is 11.7. The van der Waals surface area contributed by atoms with Crippen LogP contribution in [0.1, 0.15) is 19.3 Å². The molecule has 2 aliphatic rings. The van der Waals surface area contributed by atoms with E-state index in [1.165, 1.54) is 23.1 Å². The molecule has 1 aliphatic heterocycles. The Kier molecular flexibility index (Phi) is 3.95. The molecule has 1 aromatic carbocycles. The van der Waals surface area contributed by atoms with Gasteiger partial charge in [0.2, 0.25) is 5.91 Å². The van der Waals surface area contributed by atoms with Crippen molar-refractivity contribution in [2.75, 3.05) is 11.9 Å². The monoisotopic (exact) mass is 331 g/mol. The molecule has 8 nitrogen and oxygen atoms in total. The number of amides is 1. The lowest BCUT2D eigenvalue weighted by Crippen LogP contribution is -2.45. The Hall–Kier alpha value is -2.39. The van der Waals surface area contributed by atoms with E-state index in [9.17, 15) is 9.18 Å². The van der Waals surface area contributed by atoms with Gasteiger partial charge in [0, 0.05) is 12.6 Å². The van der Waals surface area contributed by atoms with Crippen LogP contribution < -0.4 is 16.2 Å². The predicted octanol–water partition coefficient (Wildman–Crippen LogP) is 0.633. The van der Waals surface area contributed by atoms with Crippen LogP contribution in [-0.2, 0) is 4.79 Å². The van der Waals surface area contributed by atoms with Crippen molar-refractivity contribution in [1.82, 2.24) is 31.1 Å². The Morgan fingerprint density at radius 1 is 1.38 bits per heavy atom. The standard InChI is InChI=1S/C15H18FN7O/c16-12-5-4-10(23-8-18-21-22-23)6-13(12)19-15(24)11-3-1-2-9-7-17-20-14(9)11/h4-6,8-9,11,14,17,20H,1-3,7H2,(H,19,24). The third-order valence-electron chi connectivity index (χ3n) is 4.82. The van der Waals surface area contributed by atoms with Gasteiger partial charge in [0.25, 0.3) is 0 Å². The van der Waals surface area contributed by atoms with Gasteiger partial charge in [-0.1, -0.05) is 6.42 Å². The van der Waals surface area contributed by atoms with Crippen molar-refractivity contribution >= 4 is 11.6 Å². The van der Waals surface area contributed by atoms with Gasteiger partial charge in [0.05, 0.1) is 17.3 Å². The summed E-state index contributed by atoms with van der Waals surface area (Å²) in [6.07, 6.45) is 4.34. The Labute approximate surface area is 137 Å². The number of tetrazole rings is 1. The summed E-state index contributed by atoms with van der Waals surface area (Å²) in [5.74, 6) is -0.361. The van der Waals surface area contributed by atoms with E-state index in [0.29, 0.717) is 11.6 Å². The molecule has 24 heavy (non-hydrogen) atoms. The Morgan fingerprint density at radius 2 is 2.29 bits per heavy atom. The first-order valence-corrected chi connectivity index (χ1v) is 8.04. The number of nitrogens with one attached hydrogen (secondary N) is 3. The number of carbonyl (C=O) groups is 1. The first kappa shape index (κ1) is 15.2. The molecule has 1 aromatic heterocycles. The predicted molar refractivity (Wildman–Crippen MR) is 83.5 cm³/mol. The minimum atomic E-state index is -0.481. The maximum atomic E-state index is 14.1. The largest absolute Gasteiger partial charge is 0.323 e. The lowest BCUT2D eigenvalue weighted by atomic mass is 9.77. The summed E-state index contributed by atoms with van der Waals surface area (Å²) >= 11 is 0. The van der Waals surface area contributed by atoms with Crippen LogP contribution in [0.4, 0.5) is 10.1 Å². The van der Waals surface area contributed by atoms with Gasteiger partial charge in [-0.3, -0.25) is 15.6 Å². The van der Waals surface area contributed by atoms with Gasteiger partial charge in [0.15, 0.2) is 0 Å². The number of aromatic nitrogens is 4. The summed E-state index contributed by atoms with van der Waals surface area (Å²) in [5.41, 5.74) is 7.03. The summed E-state index contributed by atoms with van der Waals surface area (Å²) in [4.78, 5) is 12.7. The van der Waals surface area contributed by atoms with E-state index in [2.05, 4.69) is 31.7 Å². The van der Waals surface area contributed by atoms with Crippen molar-refractivity contribution in [1.29, 1.82) is 0 Å². The molecule has 2 aromatic rings. The Balaban J connectivity index is 1.54. The number of hydrogen-bond donors (Lipinski definition) is 3. The number of fused-ring (bicyclic) bond motifs is 1. The molecule has 126 valence electrons. The summed E-state index contributed by atoms with van der Waals surface area (Å²) in [6.45, 7) is 0.873. The van der Waals surface area contributed by atoms with E-state index in [-0.39, 0.29) is 23.6 Å². The van der Waals surface area contributed by atoms with E-state index < -0.39 is 5.82 Å². The third-order valence-corrected chi connectivity index (χ3v) is 4.82. The highest BCUT2D eigenvalue weighted by molar-refractivity contribution is 5.93. The van der Waals surface area contributed by atoms with Crippen LogP contribution in [0.25, 0.3) is 5.69 Å². The molecule has 0 radical (unpaired) electrons. The maximum absolute atomic E-state index is 14.1. The molecule has 3 atom stereocenters. The smallest absolute Gasteiger partial charge is 0.229 e. The molecular formula is C15H18FN7O. The minimum absolute atomic E-state index is 0.101. The minimum Gasteiger partial charge on any atom is -0.323 e. The zero-order valence-corrected chi connectivity index (χ0v) is 12.9. The Morgan fingerprint density at radius 3 is 3.12 bits per heavy atom. The Bertz CT molecular complexity index is 735. The molecule has 3 N–H and O–H groups in total. The van der Waals surface area contributed by atoms with Crippen LogP contribution in [0, 0.1) is 17.7 Å². The zero-order valence-electron chi connectivity index (χ0n) is 12.9. The van der Waals surface area contributed by atoms with Crippen LogP contribution in [0.5, 0.6) is 0 Å². The quantitative estimate of drug-likeness (QED) is 0.763. The van der Waals surface area contributed by atoms with Crippen molar-refractivity contribution in [2.45, 2.75) is 25.3 Å². The molecule has 3 unspecified atom stereocenters. The average molecular weight is 331 g/mol. The van der Waals surface area contributed by atoms with Crippen molar-refractivity contribution in [2.24, 2.45) is 11.8 Å². The molecule has 4 rings (SSSR count). The molecule has 1 aliphatic carbocycles. The molecule has 1 saturated heterocycles. The molecule has 0 spiro atoms. The highest BCUT2D eigenvalue weighted by atomic mass is 19.1. The normalized spacial score (nSPS) is 26.1. The molecular weight excluding hydrogens is 313 g/mol. The summed E-state index contributed by atoms with van der Waals surface area (Å²) in [6, 6.07) is 4.49. The maximum Gasteiger partial charge on any atom is 0.229 e. The highest BCUT2D eigenvalue weighted by Crippen LogP contribution is 2.32. The fraction of sp³-hybridized carbons (Fsp3) is 0.467. The van der Waals surface area contributed by atoms with Crippen LogP contribution >= 0.6 is 0 Å². The van der Waals surface area contributed by atoms with E-state index >= 15 is 0 Å². The van der Waals surface area contributed by atoms with Crippen LogP contribution in [0.3, 0.4) is 0 Å². The fourth-order valence-electron chi connectivity index (χ4n) is 3.59. The third kappa shape index (κ3) is 2.76. The lowest BCUT2D eigenvalue weighted by molar-refractivity contribution is -0.121. The van der Waals surface area contributed by atoms with Crippen molar-refractivity contribution in [3.8, 4) is 5.69 Å². The van der Waals surface area contributed by atoms with Gasteiger partial charge in [-0.15, -0.1) is 5.10 Å². The van der Waals surface area contributed by atoms with E-state index in [4.69, 9.17) is 0 Å². The van der Waals surface area contributed by atoms with Crippen molar-refractivity contribution in [3.63, 3.8) is 0 Å². The van der Waals surface area contributed by atoms with Crippen LogP contribution in [-0.4, -0.2) is 38.7 Å². The van der Waals surface area contributed by atoms with Gasteiger partial charge < -0.3 is 5.32 Å². The summed E-state index contributed by atoms with van der Waals surface area (Å²) in [5, 5.41) is 13.6.